The second kappa shape index (κ2) is 19.1. The molecule has 1 aromatic rings. The molecule has 2 N–H and O–H groups in total. The Balaban J connectivity index is 0.000000948. The van der Waals surface area contributed by atoms with Crippen LogP contribution in [0, 0.1) is 90.3 Å². The third-order valence-corrected chi connectivity index (χ3v) is 12.8. The zero-order valence-corrected chi connectivity index (χ0v) is 31.7. The molecule has 264 valence electrons. The Kier molecular flexibility index (Phi) is 17.0. The van der Waals surface area contributed by atoms with E-state index in [-0.39, 0.29) is 5.41 Å². The van der Waals surface area contributed by atoms with Crippen LogP contribution in [0.15, 0.2) is 43.0 Å². The molecule has 48 heavy (non-hydrogen) atoms. The van der Waals surface area contributed by atoms with Crippen LogP contribution in [0.5, 0.6) is 0 Å². The molecular formula is C43H63NO3S. The zero-order valence-electron chi connectivity index (χ0n) is 30.8. The summed E-state index contributed by atoms with van der Waals surface area (Å²) < 4.78 is 14.8. The Morgan fingerprint density at radius 1 is 0.917 bits per heavy atom. The number of carboxylic acid groups (broad SMARTS) is 1. The SMILES string of the molecule is C#C.C#C.C#C.C=CC.CC.CS(=O)Nc1cccc(C2=CC[C@]3(C)C4CCC5C(CC[C@@]6(C(=O)O)CCCC56)C4CCC3C2(C)C)c1. The summed E-state index contributed by atoms with van der Waals surface area (Å²) in [5.74, 6) is 3.45. The summed E-state index contributed by atoms with van der Waals surface area (Å²) in [6, 6.07) is 8.47. The molecule has 4 saturated carbocycles. The lowest BCUT2D eigenvalue weighted by atomic mass is 9.40. The summed E-state index contributed by atoms with van der Waals surface area (Å²) in [5.41, 5.74) is 3.60. The maximum Gasteiger partial charge on any atom is 0.309 e. The van der Waals surface area contributed by atoms with Crippen LogP contribution in [0.2, 0.25) is 0 Å². The topological polar surface area (TPSA) is 66.4 Å². The van der Waals surface area contributed by atoms with Crippen molar-refractivity contribution in [2.24, 2.45) is 51.8 Å². The number of nitrogens with one attached hydrogen (secondary N) is 1. The highest BCUT2D eigenvalue weighted by atomic mass is 32.2. The predicted molar refractivity (Wildman–Crippen MR) is 208 cm³/mol. The summed E-state index contributed by atoms with van der Waals surface area (Å²) in [7, 11) is -1.08. The fourth-order valence-electron chi connectivity index (χ4n) is 11.0. The number of anilines is 1. The molecule has 0 amide bonds. The fourth-order valence-corrected chi connectivity index (χ4v) is 11.5. The molecule has 0 radical (unpaired) electrons. The number of carboxylic acids is 1. The zero-order chi connectivity index (χ0) is 36.9. The summed E-state index contributed by atoms with van der Waals surface area (Å²) in [6.07, 6.45) is 41.4. The number of rotatable bonds is 4. The highest BCUT2D eigenvalue weighted by Crippen LogP contribution is 2.69. The van der Waals surface area contributed by atoms with Crippen molar-refractivity contribution in [1.29, 1.82) is 0 Å². The van der Waals surface area contributed by atoms with Crippen LogP contribution in [0.25, 0.3) is 5.57 Å². The molecule has 9 atom stereocenters. The van der Waals surface area contributed by atoms with E-state index in [0.717, 1.165) is 62.0 Å². The minimum Gasteiger partial charge on any atom is -0.481 e. The van der Waals surface area contributed by atoms with Gasteiger partial charge < -0.3 is 9.83 Å². The van der Waals surface area contributed by atoms with Crippen molar-refractivity contribution in [2.45, 2.75) is 106 Å². The standard InChI is InChI=1S/C32H45NO3S.C3H6.C2H6.3C2H2/c1-30(2)25(20-7-5-8-21(19-20)33-37(4)36)15-17-31(3)26-12-10-24-22(23(26)11-13-28(30)31)14-18-32(29(34)35)16-6-9-27(24)32;1-3-2;4*1-2/h5,7-8,15,19,22-24,26-28,33H,6,9-14,16-18H2,1-4H3,(H,34,35);3H,1H2,2H3;1-2H3;3*1-2H/t22?,23?,24?,26?,27?,28?,31-,32+,37?;;;;;/m1...../s1. The molecule has 0 aromatic heterocycles. The molecule has 7 unspecified atom stereocenters. The van der Waals surface area contributed by atoms with Gasteiger partial charge >= 0.3 is 5.97 Å². The molecule has 0 saturated heterocycles. The van der Waals surface area contributed by atoms with E-state index in [1.54, 1.807) is 12.3 Å². The van der Waals surface area contributed by atoms with Crippen LogP contribution in [-0.4, -0.2) is 21.5 Å². The van der Waals surface area contributed by atoms with Gasteiger partial charge in [-0.2, -0.15) is 0 Å². The molecule has 5 heteroatoms. The number of carbonyl (C=O) groups is 1. The molecule has 0 spiro atoms. The Morgan fingerprint density at radius 3 is 2.08 bits per heavy atom. The first-order valence-corrected chi connectivity index (χ1v) is 19.3. The van der Waals surface area contributed by atoms with Crippen LogP contribution in [0.4, 0.5) is 5.69 Å². The third kappa shape index (κ3) is 8.15. The summed E-state index contributed by atoms with van der Waals surface area (Å²) in [6.45, 7) is 16.8. The van der Waals surface area contributed by atoms with Crippen LogP contribution in [0.3, 0.4) is 0 Å². The first kappa shape index (κ1) is 42.8. The van der Waals surface area contributed by atoms with Gasteiger partial charge in [-0.15, -0.1) is 45.1 Å². The van der Waals surface area contributed by atoms with E-state index in [4.69, 9.17) is 0 Å². The van der Waals surface area contributed by atoms with E-state index in [2.05, 4.69) is 94.9 Å². The van der Waals surface area contributed by atoms with Crippen molar-refractivity contribution in [3.05, 3.63) is 48.6 Å². The van der Waals surface area contributed by atoms with Crippen molar-refractivity contribution in [1.82, 2.24) is 0 Å². The second-order valence-electron chi connectivity index (χ2n) is 14.4. The van der Waals surface area contributed by atoms with Gasteiger partial charge in [0, 0.05) is 11.9 Å². The first-order chi connectivity index (χ1) is 23.0. The number of allylic oxidation sites excluding steroid dienone is 3. The molecule has 0 bridgehead atoms. The minimum absolute atomic E-state index is 0.0787. The quantitative estimate of drug-likeness (QED) is 0.247. The van der Waals surface area contributed by atoms with Crippen LogP contribution in [-0.2, 0) is 15.8 Å². The summed E-state index contributed by atoms with van der Waals surface area (Å²) in [4.78, 5) is 12.4. The Hall–Kier alpha value is -3.20. The molecule has 4 fully saturated rings. The molecule has 5 aliphatic rings. The van der Waals surface area contributed by atoms with Gasteiger partial charge in [-0.3, -0.25) is 4.79 Å². The summed E-state index contributed by atoms with van der Waals surface area (Å²) >= 11 is 0. The molecule has 1 aromatic carbocycles. The fraction of sp³-hybridized carbons (Fsp3) is 0.605. The Labute approximate surface area is 297 Å². The van der Waals surface area contributed by atoms with Crippen molar-refractivity contribution in [3.8, 4) is 38.5 Å². The largest absolute Gasteiger partial charge is 0.481 e. The van der Waals surface area contributed by atoms with Gasteiger partial charge in [0.1, 0.15) is 11.0 Å². The maximum absolute atomic E-state index is 12.4. The van der Waals surface area contributed by atoms with Gasteiger partial charge in [0.2, 0.25) is 0 Å². The monoisotopic (exact) mass is 673 g/mol. The number of benzene rings is 1. The molecule has 4 nitrogen and oxygen atoms in total. The smallest absolute Gasteiger partial charge is 0.309 e. The Morgan fingerprint density at radius 2 is 1.50 bits per heavy atom. The lowest BCUT2D eigenvalue weighted by Crippen LogP contribution is -2.57. The third-order valence-electron chi connectivity index (χ3n) is 12.3. The van der Waals surface area contributed by atoms with Gasteiger partial charge in [-0.05, 0) is 134 Å². The second-order valence-corrected chi connectivity index (χ2v) is 15.5. The molecule has 0 heterocycles. The minimum atomic E-state index is -1.08. The highest BCUT2D eigenvalue weighted by Gasteiger charge is 2.63. The average Bonchev–Trinajstić information content (AvgIpc) is 3.55. The molecule has 0 aliphatic heterocycles. The normalized spacial score (nSPS) is 33.6. The van der Waals surface area contributed by atoms with Crippen molar-refractivity contribution < 1.29 is 14.1 Å². The van der Waals surface area contributed by atoms with Crippen molar-refractivity contribution >= 4 is 28.2 Å². The van der Waals surface area contributed by atoms with Gasteiger partial charge in [0.15, 0.2) is 0 Å². The van der Waals surface area contributed by atoms with Gasteiger partial charge in [0.05, 0.1) is 5.41 Å². The molecule has 6 rings (SSSR count). The lowest BCUT2D eigenvalue weighted by Gasteiger charge is -2.64. The van der Waals surface area contributed by atoms with Gasteiger partial charge in [-0.25, -0.2) is 4.21 Å². The molecule has 5 aliphatic carbocycles. The number of fused-ring (bicyclic) bond motifs is 7. The van der Waals surface area contributed by atoms with E-state index in [0.29, 0.717) is 23.2 Å². The molecular weight excluding hydrogens is 611 g/mol. The number of aliphatic carboxylic acids is 1. The Bertz CT molecular complexity index is 1310. The van der Waals surface area contributed by atoms with Crippen molar-refractivity contribution in [3.63, 3.8) is 0 Å². The predicted octanol–water partition coefficient (Wildman–Crippen LogP) is 10.5. The van der Waals surface area contributed by atoms with E-state index in [1.165, 1.54) is 36.8 Å². The summed E-state index contributed by atoms with van der Waals surface area (Å²) in [5, 5.41) is 10.2. The maximum atomic E-state index is 12.4. The lowest BCUT2D eigenvalue weighted by molar-refractivity contribution is -0.166. The van der Waals surface area contributed by atoms with Crippen LogP contribution >= 0.6 is 0 Å². The number of terminal acetylenes is 3. The number of hydrogen-bond acceptors (Lipinski definition) is 2. The van der Waals surface area contributed by atoms with E-state index < -0.39 is 22.4 Å². The number of hydrogen-bond donors (Lipinski definition) is 2. The van der Waals surface area contributed by atoms with Gasteiger partial charge in [0.25, 0.3) is 0 Å². The van der Waals surface area contributed by atoms with Crippen LogP contribution in [0.1, 0.15) is 111 Å². The van der Waals surface area contributed by atoms with Crippen molar-refractivity contribution in [2.75, 3.05) is 11.0 Å². The first-order valence-electron chi connectivity index (χ1n) is 17.7. The van der Waals surface area contributed by atoms with Crippen LogP contribution < -0.4 is 4.72 Å². The van der Waals surface area contributed by atoms with E-state index in [9.17, 15) is 14.1 Å². The van der Waals surface area contributed by atoms with E-state index in [1.807, 2.05) is 26.8 Å². The highest BCUT2D eigenvalue weighted by molar-refractivity contribution is 7.85. The average molecular weight is 674 g/mol. The van der Waals surface area contributed by atoms with E-state index >= 15 is 0 Å². The van der Waals surface area contributed by atoms with Gasteiger partial charge in [-0.1, -0.05) is 65.3 Å².